The Morgan fingerprint density at radius 2 is 1.62 bits per heavy atom. The number of aliphatic hydroxyl groups is 1. The molecular weight excluding hydrogens is 500 g/mol. The summed E-state index contributed by atoms with van der Waals surface area (Å²) >= 11 is 0. The fourth-order valence-corrected chi connectivity index (χ4v) is 5.26. The number of hydrogen-bond donors (Lipinski definition) is 3. The Morgan fingerprint density at radius 1 is 1.00 bits per heavy atom. The summed E-state index contributed by atoms with van der Waals surface area (Å²) in [6, 6.07) is -1.09. The Labute approximate surface area is 212 Å². The van der Waals surface area contributed by atoms with Crippen LogP contribution in [0.25, 0.3) is 0 Å². The van der Waals surface area contributed by atoms with E-state index in [0.29, 0.717) is 39.3 Å². The van der Waals surface area contributed by atoms with E-state index in [2.05, 4.69) is 10.6 Å². The zero-order valence-electron chi connectivity index (χ0n) is 20.6. The lowest BCUT2D eigenvalue weighted by Gasteiger charge is -2.20. The molecule has 0 aromatic heterocycles. The van der Waals surface area contributed by atoms with Crippen molar-refractivity contribution in [2.45, 2.75) is 64.5 Å². The topological polar surface area (TPSA) is 131 Å². The number of carbonyl (C=O) groups is 2. The maximum absolute atomic E-state index is 12.5. The number of aliphatic hydroxyl groups excluding tert-OH is 1. The van der Waals surface area contributed by atoms with Gasteiger partial charge in [0.05, 0.1) is 19.8 Å². The van der Waals surface area contributed by atoms with E-state index >= 15 is 0 Å². The zero-order chi connectivity index (χ0) is 25.7. The first-order valence-corrected chi connectivity index (χ1v) is 16.2. The lowest BCUT2D eigenvalue weighted by molar-refractivity contribution is -0.129. The highest BCUT2D eigenvalue weighted by Gasteiger charge is 2.20. The Balaban J connectivity index is 4.03. The molecule has 9 nitrogen and oxygen atoms in total. The SMILES string of the molecule is CCC[C@@H](/C=C/S(C)(=O)=O)NC(=O)[C@H](CC)NC(=O)CCOCCCSSCCCOCCO. The average Bonchev–Trinajstić information content (AvgIpc) is 2.78. The molecule has 0 saturated heterocycles. The van der Waals surface area contributed by atoms with E-state index in [4.69, 9.17) is 14.6 Å². The number of hydrogen-bond acceptors (Lipinski definition) is 9. The summed E-state index contributed by atoms with van der Waals surface area (Å²) in [5, 5.41) is 15.2. The minimum atomic E-state index is -3.28. The number of rotatable bonds is 22. The summed E-state index contributed by atoms with van der Waals surface area (Å²) < 4.78 is 33.4. The molecule has 0 aliphatic rings. The van der Waals surface area contributed by atoms with E-state index in [0.717, 1.165) is 42.4 Å². The van der Waals surface area contributed by atoms with Gasteiger partial charge in [0.1, 0.15) is 6.04 Å². The van der Waals surface area contributed by atoms with Gasteiger partial charge in [0.15, 0.2) is 9.84 Å². The van der Waals surface area contributed by atoms with E-state index in [-0.39, 0.29) is 24.8 Å². The first kappa shape index (κ1) is 33.2. The lowest BCUT2D eigenvalue weighted by Crippen LogP contribution is -2.49. The van der Waals surface area contributed by atoms with Crippen molar-refractivity contribution in [3.05, 3.63) is 11.5 Å². The normalized spacial score (nSPS) is 13.6. The molecule has 0 aromatic rings. The minimum Gasteiger partial charge on any atom is -0.394 e. The van der Waals surface area contributed by atoms with Crippen molar-refractivity contribution in [3.8, 4) is 0 Å². The molecule has 0 spiro atoms. The van der Waals surface area contributed by atoms with Crippen LogP contribution in [0, 0.1) is 0 Å². The van der Waals surface area contributed by atoms with E-state index < -0.39 is 21.9 Å². The molecular formula is C22H42N2O7S3. The van der Waals surface area contributed by atoms with E-state index in [1.807, 2.05) is 6.92 Å². The van der Waals surface area contributed by atoms with Crippen molar-refractivity contribution >= 4 is 43.2 Å². The first-order chi connectivity index (χ1) is 16.2. The van der Waals surface area contributed by atoms with Gasteiger partial charge in [0.2, 0.25) is 11.8 Å². The predicted octanol–water partition coefficient (Wildman–Crippen LogP) is 2.30. The third-order valence-electron chi connectivity index (χ3n) is 4.37. The molecule has 200 valence electrons. The molecule has 0 aliphatic heterocycles. The molecule has 2 amide bonds. The van der Waals surface area contributed by atoms with Crippen LogP contribution in [0.5, 0.6) is 0 Å². The maximum atomic E-state index is 12.5. The van der Waals surface area contributed by atoms with Crippen LogP contribution in [0.2, 0.25) is 0 Å². The molecule has 0 saturated carbocycles. The van der Waals surface area contributed by atoms with Crippen LogP contribution in [0.15, 0.2) is 11.5 Å². The van der Waals surface area contributed by atoms with Gasteiger partial charge in [-0.3, -0.25) is 9.59 Å². The van der Waals surface area contributed by atoms with Crippen LogP contribution in [-0.4, -0.2) is 88.2 Å². The molecule has 3 N–H and O–H groups in total. The van der Waals surface area contributed by atoms with Gasteiger partial charge >= 0.3 is 0 Å². The Bertz CT molecular complexity index is 675. The average molecular weight is 543 g/mol. The molecule has 0 unspecified atom stereocenters. The van der Waals surface area contributed by atoms with Gasteiger partial charge in [-0.1, -0.05) is 47.9 Å². The molecule has 0 fully saturated rings. The lowest BCUT2D eigenvalue weighted by atomic mass is 10.1. The van der Waals surface area contributed by atoms with Crippen molar-refractivity contribution in [2.24, 2.45) is 0 Å². The molecule has 0 bridgehead atoms. The Hall–Kier alpha value is -0.790. The summed E-state index contributed by atoms with van der Waals surface area (Å²) in [6.45, 7) is 5.73. The molecule has 0 aliphatic carbocycles. The number of sulfone groups is 1. The third kappa shape index (κ3) is 20.6. The van der Waals surface area contributed by atoms with Gasteiger partial charge < -0.3 is 25.2 Å². The van der Waals surface area contributed by atoms with E-state index in [9.17, 15) is 18.0 Å². The zero-order valence-corrected chi connectivity index (χ0v) is 23.1. The van der Waals surface area contributed by atoms with Gasteiger partial charge in [-0.05, 0) is 25.7 Å². The van der Waals surface area contributed by atoms with Crippen molar-refractivity contribution in [1.29, 1.82) is 0 Å². The Morgan fingerprint density at radius 3 is 2.15 bits per heavy atom. The highest BCUT2D eigenvalue weighted by atomic mass is 33.1. The Kier molecular flexibility index (Phi) is 21.0. The highest BCUT2D eigenvalue weighted by Crippen LogP contribution is 2.22. The fraction of sp³-hybridized carbons (Fsp3) is 0.818. The van der Waals surface area contributed by atoms with Crippen LogP contribution >= 0.6 is 21.6 Å². The molecule has 34 heavy (non-hydrogen) atoms. The third-order valence-corrected chi connectivity index (χ3v) is 7.60. The van der Waals surface area contributed by atoms with Crippen LogP contribution < -0.4 is 10.6 Å². The van der Waals surface area contributed by atoms with E-state index in [1.165, 1.54) is 6.08 Å². The summed E-state index contributed by atoms with van der Waals surface area (Å²) in [6.07, 6.45) is 6.40. The van der Waals surface area contributed by atoms with Gasteiger partial charge in [0.25, 0.3) is 0 Å². The largest absolute Gasteiger partial charge is 0.394 e. The second kappa shape index (κ2) is 21.5. The van der Waals surface area contributed by atoms with Crippen molar-refractivity contribution < 1.29 is 32.6 Å². The fourth-order valence-electron chi connectivity index (χ4n) is 2.66. The smallest absolute Gasteiger partial charge is 0.243 e. The van der Waals surface area contributed by atoms with Crippen LogP contribution in [0.1, 0.15) is 52.4 Å². The van der Waals surface area contributed by atoms with E-state index in [1.54, 1.807) is 28.5 Å². The first-order valence-electron chi connectivity index (χ1n) is 11.7. The quantitative estimate of drug-likeness (QED) is 0.139. The van der Waals surface area contributed by atoms with Crippen LogP contribution in [0.3, 0.4) is 0 Å². The van der Waals surface area contributed by atoms with Crippen molar-refractivity contribution in [3.63, 3.8) is 0 Å². The molecule has 0 rings (SSSR count). The van der Waals surface area contributed by atoms with Crippen molar-refractivity contribution in [2.75, 3.05) is 50.8 Å². The number of ether oxygens (including phenoxy) is 2. The van der Waals surface area contributed by atoms with Gasteiger partial charge in [-0.15, -0.1) is 0 Å². The number of amides is 2. The second-order valence-electron chi connectivity index (χ2n) is 7.64. The van der Waals surface area contributed by atoms with Crippen molar-refractivity contribution in [1.82, 2.24) is 10.6 Å². The number of nitrogens with one attached hydrogen (secondary N) is 2. The van der Waals surface area contributed by atoms with Crippen LogP contribution in [0.4, 0.5) is 0 Å². The summed E-state index contributed by atoms with van der Waals surface area (Å²) in [5.41, 5.74) is 0. The molecule has 0 heterocycles. The molecule has 12 heteroatoms. The maximum Gasteiger partial charge on any atom is 0.243 e. The predicted molar refractivity (Wildman–Crippen MR) is 141 cm³/mol. The highest BCUT2D eigenvalue weighted by molar-refractivity contribution is 8.76. The minimum absolute atomic E-state index is 0.0599. The summed E-state index contributed by atoms with van der Waals surface area (Å²) in [5.74, 6) is 1.37. The van der Waals surface area contributed by atoms with Gasteiger partial charge in [0, 0.05) is 48.8 Å². The standard InChI is InChI=1S/C22H42N2O7S3/c1-4-8-19(10-18-34(3,28)29)23-22(27)20(5-2)24-21(26)9-14-30-12-6-16-32-33-17-7-13-31-15-11-25/h10,18-20,25H,4-9,11-17H2,1-3H3,(H,23,27)(H,24,26)/b18-10+/t19-,20-/m0/s1. The molecule has 0 radical (unpaired) electrons. The second-order valence-corrected chi connectivity index (χ2v) is 12.3. The summed E-state index contributed by atoms with van der Waals surface area (Å²) in [7, 11) is 0.289. The molecule has 2 atom stereocenters. The van der Waals surface area contributed by atoms with Crippen LogP contribution in [-0.2, 0) is 28.9 Å². The van der Waals surface area contributed by atoms with Gasteiger partial charge in [-0.25, -0.2) is 8.42 Å². The van der Waals surface area contributed by atoms with Gasteiger partial charge in [-0.2, -0.15) is 0 Å². The summed E-state index contributed by atoms with van der Waals surface area (Å²) in [4.78, 5) is 24.7. The molecule has 0 aromatic carbocycles. The monoisotopic (exact) mass is 542 g/mol. The number of carbonyl (C=O) groups excluding carboxylic acids is 2.